The van der Waals surface area contributed by atoms with E-state index in [2.05, 4.69) is 22.9 Å². The van der Waals surface area contributed by atoms with Crippen molar-refractivity contribution in [3.8, 4) is 10.6 Å². The molecule has 10 heteroatoms. The van der Waals surface area contributed by atoms with Crippen LogP contribution in [0, 0.1) is 0 Å². The second kappa shape index (κ2) is 9.85. The van der Waals surface area contributed by atoms with Crippen molar-refractivity contribution in [3.63, 3.8) is 0 Å². The van der Waals surface area contributed by atoms with Crippen molar-refractivity contribution in [1.29, 1.82) is 0 Å². The van der Waals surface area contributed by atoms with Crippen LogP contribution in [-0.4, -0.2) is 48.4 Å². The molecular weight excluding hydrogens is 468 g/mol. The molecule has 0 aliphatic carbocycles. The van der Waals surface area contributed by atoms with E-state index in [1.54, 1.807) is 36.5 Å². The zero-order chi connectivity index (χ0) is 23.4. The molecule has 0 radical (unpaired) electrons. The number of amides is 1. The molecule has 32 heavy (non-hydrogen) atoms. The van der Waals surface area contributed by atoms with Crippen molar-refractivity contribution in [3.05, 3.63) is 77.3 Å². The summed E-state index contributed by atoms with van der Waals surface area (Å²) in [5.74, 6) is -2.53. The van der Waals surface area contributed by atoms with E-state index < -0.39 is 32.5 Å². The van der Waals surface area contributed by atoms with Gasteiger partial charge in [0.2, 0.25) is 5.91 Å². The highest BCUT2D eigenvalue weighted by Gasteiger charge is 2.49. The van der Waals surface area contributed by atoms with Gasteiger partial charge in [-0.1, -0.05) is 54.6 Å². The number of thiol groups is 1. The molecule has 0 aliphatic heterocycles. The van der Waals surface area contributed by atoms with Crippen LogP contribution < -0.4 is 5.32 Å². The van der Waals surface area contributed by atoms with Gasteiger partial charge in [0.25, 0.3) is 0 Å². The van der Waals surface area contributed by atoms with Crippen LogP contribution in [-0.2, 0) is 30.6 Å². The molecule has 0 fully saturated rings. The molecule has 2 N–H and O–H groups in total. The molecular formula is C22H22N2O5S3. The van der Waals surface area contributed by atoms with E-state index in [4.69, 9.17) is 0 Å². The Bertz CT molecular complexity index is 1180. The summed E-state index contributed by atoms with van der Waals surface area (Å²) in [7, 11) is -3.99. The highest BCUT2D eigenvalue weighted by atomic mass is 32.2. The molecule has 3 rings (SSSR count). The van der Waals surface area contributed by atoms with Crippen molar-refractivity contribution in [1.82, 2.24) is 10.3 Å². The van der Waals surface area contributed by atoms with Gasteiger partial charge in [0.1, 0.15) is 11.0 Å². The van der Waals surface area contributed by atoms with Gasteiger partial charge in [-0.25, -0.2) is 18.2 Å². The van der Waals surface area contributed by atoms with E-state index in [0.717, 1.165) is 16.8 Å². The second-order valence-electron chi connectivity index (χ2n) is 7.23. The summed E-state index contributed by atoms with van der Waals surface area (Å²) in [6, 6.07) is 13.8. The molecule has 1 heterocycles. The van der Waals surface area contributed by atoms with E-state index in [0.29, 0.717) is 5.56 Å². The lowest BCUT2D eigenvalue weighted by molar-refractivity contribution is -0.142. The van der Waals surface area contributed by atoms with Gasteiger partial charge in [-0.15, -0.1) is 11.3 Å². The third kappa shape index (κ3) is 4.87. The molecule has 0 unspecified atom stereocenters. The summed E-state index contributed by atoms with van der Waals surface area (Å²) in [6.45, 7) is 0. The number of carbonyl (C=O) groups is 2. The van der Waals surface area contributed by atoms with Crippen LogP contribution in [0.1, 0.15) is 11.1 Å². The highest BCUT2D eigenvalue weighted by Crippen LogP contribution is 2.32. The Balaban J connectivity index is 1.87. The molecule has 7 nitrogen and oxygen atoms in total. The van der Waals surface area contributed by atoms with Gasteiger partial charge >= 0.3 is 5.97 Å². The van der Waals surface area contributed by atoms with E-state index in [1.165, 1.54) is 23.5 Å². The lowest BCUT2D eigenvalue weighted by Gasteiger charge is -2.31. The Kier molecular flexibility index (Phi) is 7.37. The Morgan fingerprint density at radius 2 is 1.81 bits per heavy atom. The number of nitrogens with one attached hydrogen (secondary N) is 1. The molecule has 2 atom stereocenters. The molecule has 1 aromatic heterocycles. The summed E-state index contributed by atoms with van der Waals surface area (Å²) in [5, 5.41) is 14.8. The van der Waals surface area contributed by atoms with Crippen molar-refractivity contribution in [2.75, 3.05) is 12.0 Å². The smallest absolute Gasteiger partial charge is 0.326 e. The first-order valence-electron chi connectivity index (χ1n) is 9.57. The number of rotatable bonds is 9. The van der Waals surface area contributed by atoms with Crippen molar-refractivity contribution < 1.29 is 23.1 Å². The quantitative estimate of drug-likeness (QED) is 0.398. The average Bonchev–Trinajstić information content (AvgIpc) is 3.29. The summed E-state index contributed by atoms with van der Waals surface area (Å²) in [5.41, 5.74) is 1.80. The summed E-state index contributed by atoms with van der Waals surface area (Å²) in [6.07, 6.45) is 2.63. The largest absolute Gasteiger partial charge is 0.480 e. The zero-order valence-corrected chi connectivity index (χ0v) is 19.7. The Hall–Kier alpha value is -2.69. The Morgan fingerprint density at radius 3 is 2.31 bits per heavy atom. The van der Waals surface area contributed by atoms with Gasteiger partial charge in [-0.3, -0.25) is 4.79 Å². The van der Waals surface area contributed by atoms with Gasteiger partial charge in [0.15, 0.2) is 14.6 Å². The number of sulfone groups is 1. The van der Waals surface area contributed by atoms with Gasteiger partial charge in [0.05, 0.1) is 0 Å². The normalized spacial score (nSPS) is 14.3. The molecule has 0 saturated carbocycles. The molecule has 0 spiro atoms. The monoisotopic (exact) mass is 490 g/mol. The molecule has 0 aliphatic rings. The van der Waals surface area contributed by atoms with Crippen LogP contribution in [0.2, 0.25) is 0 Å². The Labute approximate surface area is 195 Å². The van der Waals surface area contributed by atoms with Crippen LogP contribution in [0.25, 0.3) is 10.6 Å². The number of aliphatic carboxylic acids is 1. The SMILES string of the molecule is CS(=O)(=O)[C@](CS)(C(=O)N[C@@H](Cc1ccc(-c2nccs2)cc1)C(=O)O)c1ccccc1. The topological polar surface area (TPSA) is 113 Å². The summed E-state index contributed by atoms with van der Waals surface area (Å²) in [4.78, 5) is 29.4. The molecule has 168 valence electrons. The number of carbonyl (C=O) groups excluding carboxylic acids is 1. The standard InChI is InChI=1S/C22H22N2O5S3/c1-32(28,29)22(14-30,17-5-3-2-4-6-17)21(27)24-18(20(25)26)13-15-7-9-16(10-8-15)19-23-11-12-31-19/h2-12,18,30H,13-14H2,1H3,(H,24,27)(H,25,26)/t18-,22-/m0/s1. The molecule has 2 aromatic carbocycles. The van der Waals surface area contributed by atoms with E-state index in [-0.39, 0.29) is 17.7 Å². The van der Waals surface area contributed by atoms with E-state index in [9.17, 15) is 23.1 Å². The molecule has 3 aromatic rings. The minimum Gasteiger partial charge on any atom is -0.480 e. The van der Waals surface area contributed by atoms with Gasteiger partial charge < -0.3 is 10.4 Å². The van der Waals surface area contributed by atoms with Crippen molar-refractivity contribution >= 4 is 45.7 Å². The summed E-state index contributed by atoms with van der Waals surface area (Å²) < 4.78 is 23.4. The van der Waals surface area contributed by atoms with Crippen LogP contribution in [0.3, 0.4) is 0 Å². The predicted molar refractivity (Wildman–Crippen MR) is 128 cm³/mol. The van der Waals surface area contributed by atoms with E-state index >= 15 is 0 Å². The lowest BCUT2D eigenvalue weighted by Crippen LogP contribution is -2.55. The number of aromatic nitrogens is 1. The number of thiazole rings is 1. The molecule has 0 saturated heterocycles. The minimum absolute atomic E-state index is 0.0135. The Morgan fingerprint density at radius 1 is 1.16 bits per heavy atom. The summed E-state index contributed by atoms with van der Waals surface area (Å²) >= 11 is 5.66. The number of hydrogen-bond acceptors (Lipinski definition) is 7. The number of carboxylic acid groups (broad SMARTS) is 1. The predicted octanol–water partition coefficient (Wildman–Crippen LogP) is 2.79. The fraction of sp³-hybridized carbons (Fsp3) is 0.227. The van der Waals surface area contributed by atoms with Crippen molar-refractivity contribution in [2.24, 2.45) is 0 Å². The first kappa shape index (κ1) is 24.0. The fourth-order valence-corrected chi connectivity index (χ4v) is 6.23. The number of benzene rings is 2. The zero-order valence-electron chi connectivity index (χ0n) is 17.1. The second-order valence-corrected chi connectivity index (χ2v) is 10.7. The van der Waals surface area contributed by atoms with Crippen LogP contribution in [0.15, 0.2) is 66.2 Å². The lowest BCUT2D eigenvalue weighted by atomic mass is 9.97. The fourth-order valence-electron chi connectivity index (χ4n) is 3.36. The number of hydrogen-bond donors (Lipinski definition) is 3. The van der Waals surface area contributed by atoms with Crippen LogP contribution in [0.5, 0.6) is 0 Å². The number of nitrogens with zero attached hydrogens (tertiary/aromatic N) is 1. The van der Waals surface area contributed by atoms with Crippen molar-refractivity contribution in [2.45, 2.75) is 17.2 Å². The number of carboxylic acids is 1. The first-order chi connectivity index (χ1) is 15.2. The third-order valence-electron chi connectivity index (χ3n) is 5.14. The maximum atomic E-state index is 13.2. The highest BCUT2D eigenvalue weighted by molar-refractivity contribution is 7.93. The molecule has 0 bridgehead atoms. The average molecular weight is 491 g/mol. The minimum atomic E-state index is -3.99. The molecule has 1 amide bonds. The maximum absolute atomic E-state index is 13.2. The van der Waals surface area contributed by atoms with E-state index in [1.807, 2.05) is 17.5 Å². The third-order valence-corrected chi connectivity index (χ3v) is 8.48. The first-order valence-corrected chi connectivity index (χ1v) is 13.0. The van der Waals surface area contributed by atoms with Gasteiger partial charge in [-0.2, -0.15) is 12.6 Å². The van der Waals surface area contributed by atoms with Gasteiger partial charge in [-0.05, 0) is 11.1 Å². The maximum Gasteiger partial charge on any atom is 0.326 e. The van der Waals surface area contributed by atoms with Crippen LogP contribution >= 0.6 is 24.0 Å². The van der Waals surface area contributed by atoms with Crippen LogP contribution in [0.4, 0.5) is 0 Å². The van der Waals surface area contributed by atoms with Gasteiger partial charge in [0, 0.05) is 35.6 Å².